The smallest absolute Gasteiger partial charge is 0.138 e. The molecule has 0 radical (unpaired) electrons. The van der Waals surface area contributed by atoms with E-state index in [2.05, 4.69) is 38.1 Å². The molecule has 1 N–H and O–H groups in total. The highest BCUT2D eigenvalue weighted by Gasteiger charge is 2.11. The van der Waals surface area contributed by atoms with Crippen molar-refractivity contribution in [3.05, 3.63) is 39.2 Å². The number of hydrogen-bond donors (Lipinski definition) is 1. The fourth-order valence-corrected chi connectivity index (χ4v) is 2.38. The Balaban J connectivity index is 2.38. The molecule has 0 aliphatic rings. The number of rotatable bonds is 5. The van der Waals surface area contributed by atoms with Crippen LogP contribution in [0.3, 0.4) is 0 Å². The van der Waals surface area contributed by atoms with Gasteiger partial charge in [-0.15, -0.1) is 0 Å². The predicted molar refractivity (Wildman–Crippen MR) is 89.8 cm³/mol. The summed E-state index contributed by atoms with van der Waals surface area (Å²) >= 11 is 9.71. The van der Waals surface area contributed by atoms with Crippen molar-refractivity contribution in [2.45, 2.75) is 26.7 Å². The molecule has 0 bridgehead atoms. The Bertz CT molecular complexity index is 649. The van der Waals surface area contributed by atoms with Crippen molar-refractivity contribution >= 4 is 39.0 Å². The molecule has 0 saturated heterocycles. The summed E-state index contributed by atoms with van der Waals surface area (Å²) in [6.07, 6.45) is 1.77. The maximum atomic E-state index is 6.19. The Morgan fingerprint density at radius 1 is 1.33 bits per heavy atom. The number of benzene rings is 1. The average Bonchev–Trinajstić information content (AvgIpc) is 2.46. The molecule has 0 saturated carbocycles. The second-order valence-electron chi connectivity index (χ2n) is 4.63. The molecule has 0 atom stereocenters. The van der Waals surface area contributed by atoms with Gasteiger partial charge in [-0.05, 0) is 41.4 Å². The van der Waals surface area contributed by atoms with Gasteiger partial charge >= 0.3 is 0 Å². The van der Waals surface area contributed by atoms with E-state index < -0.39 is 0 Å². The molecule has 6 heteroatoms. The van der Waals surface area contributed by atoms with Crippen molar-refractivity contribution in [3.8, 4) is 5.75 Å². The molecular weight excluding hydrogens is 354 g/mol. The SMILES string of the molecule is CCCc1nc(Cl)c(C)c(Nc2cc(OC)ccc2Br)n1. The normalized spacial score (nSPS) is 10.5. The lowest BCUT2D eigenvalue weighted by atomic mass is 10.2. The van der Waals surface area contributed by atoms with Crippen LogP contribution in [0, 0.1) is 6.92 Å². The highest BCUT2D eigenvalue weighted by molar-refractivity contribution is 9.10. The van der Waals surface area contributed by atoms with Gasteiger partial charge in [0.25, 0.3) is 0 Å². The lowest BCUT2D eigenvalue weighted by molar-refractivity contribution is 0.415. The predicted octanol–water partition coefficient (Wildman–Crippen LogP) is 4.91. The van der Waals surface area contributed by atoms with Gasteiger partial charge in [0.2, 0.25) is 0 Å². The third-order valence-electron chi connectivity index (χ3n) is 3.03. The van der Waals surface area contributed by atoms with Crippen LogP contribution in [-0.4, -0.2) is 17.1 Å². The number of nitrogens with one attached hydrogen (secondary N) is 1. The Morgan fingerprint density at radius 3 is 2.76 bits per heavy atom. The molecule has 0 aliphatic carbocycles. The molecule has 2 aromatic rings. The van der Waals surface area contributed by atoms with Crippen LogP contribution in [0.25, 0.3) is 0 Å². The maximum absolute atomic E-state index is 6.19. The quantitative estimate of drug-likeness (QED) is 0.760. The van der Waals surface area contributed by atoms with E-state index >= 15 is 0 Å². The summed E-state index contributed by atoms with van der Waals surface area (Å²) in [6.45, 7) is 3.98. The standard InChI is InChI=1S/C15H17BrClN3O/c1-4-5-13-19-14(17)9(2)15(20-13)18-12-8-10(21-3)6-7-11(12)16/h6-8H,4-5H2,1-3H3,(H,18,19,20). The minimum atomic E-state index is 0.481. The molecule has 2 rings (SSSR count). The Labute approximate surface area is 138 Å². The van der Waals surface area contributed by atoms with Crippen molar-refractivity contribution in [2.24, 2.45) is 0 Å². The van der Waals surface area contributed by atoms with Gasteiger partial charge in [0.15, 0.2) is 0 Å². The van der Waals surface area contributed by atoms with Crippen molar-refractivity contribution < 1.29 is 4.74 Å². The molecular formula is C15H17BrClN3O. The van der Waals surface area contributed by atoms with Crippen molar-refractivity contribution in [2.75, 3.05) is 12.4 Å². The van der Waals surface area contributed by atoms with Crippen LogP contribution in [0.5, 0.6) is 5.75 Å². The van der Waals surface area contributed by atoms with Crippen LogP contribution in [0.4, 0.5) is 11.5 Å². The van der Waals surface area contributed by atoms with Gasteiger partial charge in [-0.25, -0.2) is 9.97 Å². The first kappa shape index (κ1) is 16.0. The second-order valence-corrected chi connectivity index (χ2v) is 5.84. The second kappa shape index (κ2) is 7.09. The third kappa shape index (κ3) is 3.86. The fraction of sp³-hybridized carbons (Fsp3) is 0.333. The molecule has 0 unspecified atom stereocenters. The minimum Gasteiger partial charge on any atom is -0.497 e. The minimum absolute atomic E-state index is 0.481. The molecule has 21 heavy (non-hydrogen) atoms. The molecule has 112 valence electrons. The molecule has 0 aliphatic heterocycles. The number of anilines is 2. The lowest BCUT2D eigenvalue weighted by Gasteiger charge is -2.13. The maximum Gasteiger partial charge on any atom is 0.138 e. The van der Waals surface area contributed by atoms with Crippen LogP contribution >= 0.6 is 27.5 Å². The summed E-state index contributed by atoms with van der Waals surface area (Å²) in [6, 6.07) is 5.71. The largest absolute Gasteiger partial charge is 0.497 e. The van der Waals surface area contributed by atoms with Gasteiger partial charge in [-0.2, -0.15) is 0 Å². The molecule has 0 spiro atoms. The molecule has 1 aromatic carbocycles. The summed E-state index contributed by atoms with van der Waals surface area (Å²) in [5.74, 6) is 2.23. The summed E-state index contributed by atoms with van der Waals surface area (Å²) in [5.41, 5.74) is 1.70. The van der Waals surface area contributed by atoms with Gasteiger partial charge in [0, 0.05) is 22.5 Å². The third-order valence-corrected chi connectivity index (χ3v) is 4.09. The number of aryl methyl sites for hydroxylation is 1. The van der Waals surface area contributed by atoms with E-state index in [0.29, 0.717) is 11.0 Å². The lowest BCUT2D eigenvalue weighted by Crippen LogP contribution is -2.04. The molecule has 1 heterocycles. The van der Waals surface area contributed by atoms with Gasteiger partial charge in [-0.1, -0.05) is 18.5 Å². The first-order valence-electron chi connectivity index (χ1n) is 6.68. The summed E-state index contributed by atoms with van der Waals surface area (Å²) < 4.78 is 6.17. The molecule has 4 nitrogen and oxygen atoms in total. The van der Waals surface area contributed by atoms with E-state index in [1.54, 1.807) is 7.11 Å². The van der Waals surface area contributed by atoms with E-state index in [1.165, 1.54) is 0 Å². The van der Waals surface area contributed by atoms with Crippen LogP contribution < -0.4 is 10.1 Å². The molecule has 0 fully saturated rings. The fourth-order valence-electron chi connectivity index (χ4n) is 1.84. The topological polar surface area (TPSA) is 47.0 Å². The van der Waals surface area contributed by atoms with Crippen LogP contribution in [-0.2, 0) is 6.42 Å². The van der Waals surface area contributed by atoms with Crippen molar-refractivity contribution in [1.82, 2.24) is 9.97 Å². The van der Waals surface area contributed by atoms with Crippen LogP contribution in [0.1, 0.15) is 24.7 Å². The molecule has 1 aromatic heterocycles. The number of methoxy groups -OCH3 is 1. The summed E-state index contributed by atoms with van der Waals surface area (Å²) in [5, 5.41) is 3.77. The zero-order valence-electron chi connectivity index (χ0n) is 12.2. The highest BCUT2D eigenvalue weighted by Crippen LogP contribution is 2.31. The van der Waals surface area contributed by atoms with Crippen molar-refractivity contribution in [3.63, 3.8) is 0 Å². The van der Waals surface area contributed by atoms with E-state index in [0.717, 1.165) is 40.1 Å². The number of halogens is 2. The molecule has 0 amide bonds. The zero-order valence-corrected chi connectivity index (χ0v) is 14.5. The van der Waals surface area contributed by atoms with Crippen molar-refractivity contribution in [1.29, 1.82) is 0 Å². The first-order valence-corrected chi connectivity index (χ1v) is 7.85. The monoisotopic (exact) mass is 369 g/mol. The average molecular weight is 371 g/mol. The summed E-state index contributed by atoms with van der Waals surface area (Å²) in [4.78, 5) is 8.85. The van der Waals surface area contributed by atoms with Gasteiger partial charge in [0.05, 0.1) is 12.8 Å². The van der Waals surface area contributed by atoms with Gasteiger partial charge < -0.3 is 10.1 Å². The Kier molecular flexibility index (Phi) is 5.42. The number of nitrogens with zero attached hydrogens (tertiary/aromatic N) is 2. The Morgan fingerprint density at radius 2 is 2.10 bits per heavy atom. The summed E-state index contributed by atoms with van der Waals surface area (Å²) in [7, 11) is 1.64. The highest BCUT2D eigenvalue weighted by atomic mass is 79.9. The number of hydrogen-bond acceptors (Lipinski definition) is 4. The van der Waals surface area contributed by atoms with Gasteiger partial charge in [-0.3, -0.25) is 0 Å². The van der Waals surface area contributed by atoms with Crippen LogP contribution in [0.15, 0.2) is 22.7 Å². The van der Waals surface area contributed by atoms with E-state index in [-0.39, 0.29) is 0 Å². The van der Waals surface area contributed by atoms with E-state index in [9.17, 15) is 0 Å². The Hall–Kier alpha value is -1.33. The number of ether oxygens (including phenoxy) is 1. The van der Waals surface area contributed by atoms with Gasteiger partial charge in [0.1, 0.15) is 22.5 Å². The zero-order chi connectivity index (χ0) is 15.4. The van der Waals surface area contributed by atoms with E-state index in [1.807, 2.05) is 25.1 Å². The van der Waals surface area contributed by atoms with E-state index in [4.69, 9.17) is 16.3 Å². The first-order chi connectivity index (χ1) is 10.0. The number of aromatic nitrogens is 2. The van der Waals surface area contributed by atoms with Crippen LogP contribution in [0.2, 0.25) is 5.15 Å².